The van der Waals surface area contributed by atoms with Gasteiger partial charge in [0.2, 0.25) is 0 Å². The van der Waals surface area contributed by atoms with E-state index < -0.39 is 24.0 Å². The lowest BCUT2D eigenvalue weighted by molar-refractivity contribution is -0.137. The summed E-state index contributed by atoms with van der Waals surface area (Å²) in [6.45, 7) is 0.809. The number of hydrogen-bond acceptors (Lipinski definition) is 4. The van der Waals surface area contributed by atoms with Gasteiger partial charge in [0.05, 0.1) is 12.2 Å². The van der Waals surface area contributed by atoms with Gasteiger partial charge in [0.1, 0.15) is 17.9 Å². The number of carbonyl (C=O) groups excluding carboxylic acids is 1. The summed E-state index contributed by atoms with van der Waals surface area (Å²) in [5, 5.41) is 8.81. The van der Waals surface area contributed by atoms with Crippen LogP contribution in [-0.2, 0) is 4.79 Å². The normalized spacial score (nSPS) is 13.5. The molecule has 1 heterocycles. The van der Waals surface area contributed by atoms with Crippen molar-refractivity contribution in [2.24, 2.45) is 0 Å². The summed E-state index contributed by atoms with van der Waals surface area (Å²) >= 11 is 0. The molecule has 0 bridgehead atoms. The molecule has 21 heavy (non-hydrogen) atoms. The molecule has 7 heteroatoms. The topological polar surface area (TPSA) is 103 Å². The van der Waals surface area contributed by atoms with E-state index in [1.165, 1.54) is 0 Å². The highest BCUT2D eigenvalue weighted by Gasteiger charge is 2.29. The number of rotatable bonds is 5. The molecular weight excluding hydrogens is 274 g/mol. The lowest BCUT2D eigenvalue weighted by Gasteiger charge is -2.18. The lowest BCUT2D eigenvalue weighted by atomic mass is 10.2. The van der Waals surface area contributed by atoms with Crippen LogP contribution < -0.4 is 5.56 Å². The number of aromatic amines is 1. The number of H-pyrrole nitrogens is 1. The number of aliphatic carboxylic acids is 1. The first-order valence-electron chi connectivity index (χ1n) is 6.49. The van der Waals surface area contributed by atoms with Crippen molar-refractivity contribution in [1.29, 1.82) is 0 Å². The Labute approximate surface area is 121 Å². The Balaban J connectivity index is 2.35. The highest BCUT2D eigenvalue weighted by atomic mass is 16.4. The standard InChI is InChI=1S/C14H15N3O4/c1-3-6-17(7-10(18)19)14(21)11-8(2)15-12(9-4-5-9)16-13(11)20/h1,9H,4-7H2,2H3,(H,18,19)(H,15,16,20). The molecule has 1 aliphatic carbocycles. The average molecular weight is 289 g/mol. The summed E-state index contributed by atoms with van der Waals surface area (Å²) in [6, 6.07) is 0. The first kappa shape index (κ1) is 14.8. The number of amides is 1. The van der Waals surface area contributed by atoms with E-state index in [-0.39, 0.29) is 23.7 Å². The van der Waals surface area contributed by atoms with Crippen LogP contribution in [0.3, 0.4) is 0 Å². The third-order valence-corrected chi connectivity index (χ3v) is 3.19. The Morgan fingerprint density at radius 2 is 2.19 bits per heavy atom. The molecule has 0 saturated heterocycles. The minimum absolute atomic E-state index is 0.157. The quantitative estimate of drug-likeness (QED) is 0.749. The Hall–Kier alpha value is -2.62. The van der Waals surface area contributed by atoms with Crippen LogP contribution in [0.25, 0.3) is 0 Å². The molecule has 2 N–H and O–H groups in total. The Bertz CT molecular complexity index is 682. The number of hydrogen-bond donors (Lipinski definition) is 2. The monoisotopic (exact) mass is 289 g/mol. The summed E-state index contributed by atoms with van der Waals surface area (Å²) in [6.07, 6.45) is 7.07. The van der Waals surface area contributed by atoms with Crippen LogP contribution in [0.15, 0.2) is 4.79 Å². The van der Waals surface area contributed by atoms with Gasteiger partial charge in [-0.05, 0) is 19.8 Å². The van der Waals surface area contributed by atoms with E-state index >= 15 is 0 Å². The van der Waals surface area contributed by atoms with E-state index in [1.807, 2.05) is 0 Å². The van der Waals surface area contributed by atoms with Crippen molar-refractivity contribution in [2.75, 3.05) is 13.1 Å². The number of aryl methyl sites for hydroxylation is 1. The summed E-state index contributed by atoms with van der Waals surface area (Å²) in [5.41, 5.74) is -0.421. The minimum atomic E-state index is -1.20. The molecule has 0 unspecified atom stereocenters. The van der Waals surface area contributed by atoms with Gasteiger partial charge in [0.15, 0.2) is 0 Å². The molecule has 7 nitrogen and oxygen atoms in total. The fraction of sp³-hybridized carbons (Fsp3) is 0.429. The van der Waals surface area contributed by atoms with Crippen LogP contribution in [-0.4, -0.2) is 44.9 Å². The molecule has 0 spiro atoms. The van der Waals surface area contributed by atoms with Crippen LogP contribution in [0.2, 0.25) is 0 Å². The van der Waals surface area contributed by atoms with Crippen LogP contribution in [0.4, 0.5) is 0 Å². The third-order valence-electron chi connectivity index (χ3n) is 3.19. The highest BCUT2D eigenvalue weighted by molar-refractivity contribution is 5.96. The van der Waals surface area contributed by atoms with Gasteiger partial charge in [0.25, 0.3) is 11.5 Å². The fourth-order valence-corrected chi connectivity index (χ4v) is 2.04. The number of terminal acetylenes is 1. The minimum Gasteiger partial charge on any atom is -0.480 e. The number of carbonyl (C=O) groups is 2. The van der Waals surface area contributed by atoms with Gasteiger partial charge in [-0.3, -0.25) is 14.4 Å². The van der Waals surface area contributed by atoms with E-state index in [2.05, 4.69) is 15.9 Å². The first-order chi connectivity index (χ1) is 9.93. The molecular formula is C14H15N3O4. The Kier molecular flexibility index (Phi) is 4.08. The lowest BCUT2D eigenvalue weighted by Crippen LogP contribution is -2.39. The maximum atomic E-state index is 12.3. The van der Waals surface area contributed by atoms with Crippen molar-refractivity contribution >= 4 is 11.9 Å². The number of nitrogens with one attached hydrogen (secondary N) is 1. The molecule has 0 aliphatic heterocycles. The van der Waals surface area contributed by atoms with E-state index in [0.29, 0.717) is 5.82 Å². The SMILES string of the molecule is C#CCN(CC(=O)O)C(=O)c1c(C)nc(C2CC2)[nH]c1=O. The number of nitrogens with zero attached hydrogens (tertiary/aromatic N) is 2. The number of aromatic nitrogens is 2. The van der Waals surface area contributed by atoms with Crippen LogP contribution in [0.1, 0.15) is 40.6 Å². The van der Waals surface area contributed by atoms with Gasteiger partial charge in [-0.1, -0.05) is 5.92 Å². The smallest absolute Gasteiger partial charge is 0.323 e. The maximum Gasteiger partial charge on any atom is 0.323 e. The van der Waals surface area contributed by atoms with Crippen molar-refractivity contribution in [3.8, 4) is 12.3 Å². The van der Waals surface area contributed by atoms with Gasteiger partial charge >= 0.3 is 5.97 Å². The zero-order valence-corrected chi connectivity index (χ0v) is 11.5. The second-order valence-electron chi connectivity index (χ2n) is 4.94. The van der Waals surface area contributed by atoms with Gasteiger partial charge < -0.3 is 15.0 Å². The molecule has 1 aliphatic rings. The molecule has 0 radical (unpaired) electrons. The molecule has 1 amide bonds. The van der Waals surface area contributed by atoms with Crippen molar-refractivity contribution < 1.29 is 14.7 Å². The fourth-order valence-electron chi connectivity index (χ4n) is 2.04. The van der Waals surface area contributed by atoms with Gasteiger partial charge in [-0.25, -0.2) is 4.98 Å². The van der Waals surface area contributed by atoms with Crippen molar-refractivity contribution in [1.82, 2.24) is 14.9 Å². The zero-order chi connectivity index (χ0) is 15.6. The molecule has 1 aromatic rings. The Morgan fingerprint density at radius 1 is 1.52 bits per heavy atom. The molecule has 1 fully saturated rings. The summed E-state index contributed by atoms with van der Waals surface area (Å²) in [7, 11) is 0. The summed E-state index contributed by atoms with van der Waals surface area (Å²) in [5.74, 6) is 1.12. The van der Waals surface area contributed by atoms with Crippen LogP contribution in [0, 0.1) is 19.3 Å². The molecule has 110 valence electrons. The summed E-state index contributed by atoms with van der Waals surface area (Å²) < 4.78 is 0. The molecule has 0 atom stereocenters. The first-order valence-corrected chi connectivity index (χ1v) is 6.49. The van der Waals surface area contributed by atoms with E-state index in [4.69, 9.17) is 11.5 Å². The van der Waals surface area contributed by atoms with E-state index in [1.54, 1.807) is 6.92 Å². The largest absolute Gasteiger partial charge is 0.480 e. The van der Waals surface area contributed by atoms with Crippen molar-refractivity contribution in [2.45, 2.75) is 25.7 Å². The van der Waals surface area contributed by atoms with E-state index in [0.717, 1.165) is 17.7 Å². The highest BCUT2D eigenvalue weighted by Crippen LogP contribution is 2.37. The average Bonchev–Trinajstić information content (AvgIpc) is 3.20. The second kappa shape index (κ2) is 5.79. The molecule has 2 rings (SSSR count). The number of carboxylic acids is 1. The number of carboxylic acid groups (broad SMARTS) is 1. The predicted molar refractivity (Wildman–Crippen MR) is 73.9 cm³/mol. The zero-order valence-electron chi connectivity index (χ0n) is 11.5. The molecule has 0 aromatic carbocycles. The maximum absolute atomic E-state index is 12.3. The summed E-state index contributed by atoms with van der Waals surface area (Å²) in [4.78, 5) is 42.9. The van der Waals surface area contributed by atoms with Crippen LogP contribution >= 0.6 is 0 Å². The molecule has 1 aromatic heterocycles. The van der Waals surface area contributed by atoms with Gasteiger partial charge in [0, 0.05) is 5.92 Å². The van der Waals surface area contributed by atoms with Gasteiger partial charge in [-0.2, -0.15) is 0 Å². The molecule has 1 saturated carbocycles. The predicted octanol–water partition coefficient (Wildman–Crippen LogP) is 0.116. The third kappa shape index (κ3) is 3.28. The Morgan fingerprint density at radius 3 is 2.67 bits per heavy atom. The van der Waals surface area contributed by atoms with Crippen molar-refractivity contribution in [3.05, 3.63) is 27.4 Å². The van der Waals surface area contributed by atoms with Crippen LogP contribution in [0.5, 0.6) is 0 Å². The van der Waals surface area contributed by atoms with Crippen molar-refractivity contribution in [3.63, 3.8) is 0 Å². The second-order valence-corrected chi connectivity index (χ2v) is 4.94. The van der Waals surface area contributed by atoms with E-state index in [9.17, 15) is 14.4 Å². The van der Waals surface area contributed by atoms with Gasteiger partial charge in [-0.15, -0.1) is 6.42 Å².